The van der Waals surface area contributed by atoms with Crippen LogP contribution in [0.25, 0.3) is 0 Å². The number of hydrogen-bond acceptors (Lipinski definition) is 4. The lowest BCUT2D eigenvalue weighted by Crippen LogP contribution is -2.50. The smallest absolute Gasteiger partial charge is 0.307 e. The number of carbonyl (C=O) groups excluding carboxylic acids is 2. The van der Waals surface area contributed by atoms with Gasteiger partial charge in [-0.3, -0.25) is 9.59 Å². The van der Waals surface area contributed by atoms with Gasteiger partial charge in [-0.2, -0.15) is 0 Å². The fraction of sp³-hybridized carbons (Fsp3) is 0.818. The van der Waals surface area contributed by atoms with Crippen LogP contribution in [0.15, 0.2) is 0 Å². The van der Waals surface area contributed by atoms with E-state index in [-0.39, 0.29) is 31.4 Å². The highest BCUT2D eigenvalue weighted by atomic mass is 16.5. The predicted molar refractivity (Wildman–Crippen MR) is 59.8 cm³/mol. The number of esters is 1. The maximum Gasteiger partial charge on any atom is 0.307 e. The average molecular weight is 231 g/mol. The summed E-state index contributed by atoms with van der Waals surface area (Å²) < 4.78 is 4.52. The summed E-state index contributed by atoms with van der Waals surface area (Å²) in [7, 11) is 1.31. The first-order chi connectivity index (χ1) is 7.38. The second-order valence-electron chi connectivity index (χ2n) is 4.20. The molecule has 0 spiro atoms. The number of carbonyl (C=O) groups is 2. The van der Waals surface area contributed by atoms with Crippen LogP contribution < -0.4 is 0 Å². The lowest BCUT2D eigenvalue weighted by molar-refractivity contribution is -0.144. The second kappa shape index (κ2) is 6.48. The first-order valence-electron chi connectivity index (χ1n) is 5.37. The summed E-state index contributed by atoms with van der Waals surface area (Å²) in [5, 5.41) is 9.22. The highest BCUT2D eigenvalue weighted by molar-refractivity contribution is 5.77. The summed E-state index contributed by atoms with van der Waals surface area (Å²) >= 11 is 0. The Kier molecular flexibility index (Phi) is 6.03. The molecule has 0 bridgehead atoms. The molecule has 5 nitrogen and oxygen atoms in total. The summed E-state index contributed by atoms with van der Waals surface area (Å²) in [5.41, 5.74) is -0.652. The van der Waals surface area contributed by atoms with Crippen molar-refractivity contribution in [3.05, 3.63) is 0 Å². The third-order valence-corrected chi connectivity index (χ3v) is 2.49. The fourth-order valence-electron chi connectivity index (χ4n) is 1.35. The minimum absolute atomic E-state index is 0.0806. The summed E-state index contributed by atoms with van der Waals surface area (Å²) in [6.45, 7) is 5.41. The highest BCUT2D eigenvalue weighted by Crippen LogP contribution is 2.15. The van der Waals surface area contributed by atoms with Crippen molar-refractivity contribution < 1.29 is 19.4 Å². The van der Waals surface area contributed by atoms with Crippen LogP contribution >= 0.6 is 0 Å². The van der Waals surface area contributed by atoms with Crippen molar-refractivity contribution >= 4 is 11.9 Å². The molecular formula is C11H21NO4. The molecule has 0 saturated heterocycles. The SMILES string of the molecule is CCC(=O)N(CCC(=O)OC)C(C)(C)CO. The van der Waals surface area contributed by atoms with Gasteiger partial charge in [0.2, 0.25) is 5.91 Å². The molecular weight excluding hydrogens is 210 g/mol. The van der Waals surface area contributed by atoms with Crippen molar-refractivity contribution in [3.8, 4) is 0 Å². The Hall–Kier alpha value is -1.10. The molecule has 0 aliphatic rings. The molecule has 0 heterocycles. The highest BCUT2D eigenvalue weighted by Gasteiger charge is 2.29. The van der Waals surface area contributed by atoms with E-state index in [0.717, 1.165) is 0 Å². The molecule has 0 aromatic heterocycles. The van der Waals surface area contributed by atoms with Crippen LogP contribution in [0.4, 0.5) is 0 Å². The first kappa shape index (κ1) is 14.9. The maximum absolute atomic E-state index is 11.7. The van der Waals surface area contributed by atoms with Gasteiger partial charge < -0.3 is 14.7 Å². The lowest BCUT2D eigenvalue weighted by Gasteiger charge is -2.37. The molecule has 0 fully saturated rings. The standard InChI is InChI=1S/C11H21NO4/c1-5-9(14)12(11(2,3)8-13)7-6-10(15)16-4/h13H,5-8H2,1-4H3. The first-order valence-corrected chi connectivity index (χ1v) is 5.37. The van der Waals surface area contributed by atoms with E-state index < -0.39 is 5.54 Å². The molecule has 94 valence electrons. The molecule has 0 aromatic rings. The van der Waals surface area contributed by atoms with Crippen molar-refractivity contribution in [1.29, 1.82) is 0 Å². The van der Waals surface area contributed by atoms with E-state index in [2.05, 4.69) is 4.74 Å². The minimum atomic E-state index is -0.652. The Morgan fingerprint density at radius 3 is 2.31 bits per heavy atom. The largest absolute Gasteiger partial charge is 0.469 e. The summed E-state index contributed by atoms with van der Waals surface area (Å²) in [5.74, 6) is -0.439. The molecule has 16 heavy (non-hydrogen) atoms. The van der Waals surface area contributed by atoms with E-state index in [1.54, 1.807) is 20.8 Å². The Morgan fingerprint density at radius 1 is 1.38 bits per heavy atom. The van der Waals surface area contributed by atoms with Crippen LogP contribution in [0.3, 0.4) is 0 Å². The normalized spacial score (nSPS) is 11.1. The summed E-state index contributed by atoms with van der Waals surface area (Å²) in [6.07, 6.45) is 0.496. The van der Waals surface area contributed by atoms with Gasteiger partial charge in [-0.1, -0.05) is 6.92 Å². The number of methoxy groups -OCH3 is 1. The van der Waals surface area contributed by atoms with Gasteiger partial charge in [-0.25, -0.2) is 0 Å². The minimum Gasteiger partial charge on any atom is -0.469 e. The van der Waals surface area contributed by atoms with Gasteiger partial charge in [0.05, 0.1) is 25.7 Å². The van der Waals surface area contributed by atoms with E-state index in [9.17, 15) is 14.7 Å². The van der Waals surface area contributed by atoms with Crippen molar-refractivity contribution in [2.45, 2.75) is 39.2 Å². The third-order valence-electron chi connectivity index (χ3n) is 2.49. The van der Waals surface area contributed by atoms with E-state index in [0.29, 0.717) is 6.42 Å². The average Bonchev–Trinajstić information content (AvgIpc) is 2.28. The van der Waals surface area contributed by atoms with Gasteiger partial charge in [-0.05, 0) is 13.8 Å². The van der Waals surface area contributed by atoms with E-state index in [4.69, 9.17) is 0 Å². The molecule has 0 rings (SSSR count). The number of aliphatic hydroxyl groups excluding tert-OH is 1. The zero-order chi connectivity index (χ0) is 12.8. The van der Waals surface area contributed by atoms with Crippen LogP contribution in [0, 0.1) is 0 Å². The monoisotopic (exact) mass is 231 g/mol. The summed E-state index contributed by atoms with van der Waals surface area (Å²) in [4.78, 5) is 24.2. The number of amides is 1. The zero-order valence-corrected chi connectivity index (χ0v) is 10.4. The van der Waals surface area contributed by atoms with Crippen LogP contribution in [-0.2, 0) is 14.3 Å². The molecule has 0 aromatic carbocycles. The third kappa shape index (κ3) is 4.18. The Bertz CT molecular complexity index is 250. The van der Waals surface area contributed by atoms with Crippen LogP contribution in [0.2, 0.25) is 0 Å². The number of ether oxygens (including phenoxy) is 1. The van der Waals surface area contributed by atoms with Gasteiger partial charge in [-0.15, -0.1) is 0 Å². The van der Waals surface area contributed by atoms with Crippen molar-refractivity contribution in [1.82, 2.24) is 4.90 Å². The quantitative estimate of drug-likeness (QED) is 0.678. The van der Waals surface area contributed by atoms with Crippen molar-refractivity contribution in [2.24, 2.45) is 0 Å². The van der Waals surface area contributed by atoms with E-state index in [1.165, 1.54) is 12.0 Å². The van der Waals surface area contributed by atoms with Crippen LogP contribution in [0.1, 0.15) is 33.6 Å². The summed E-state index contributed by atoms with van der Waals surface area (Å²) in [6, 6.07) is 0. The Morgan fingerprint density at radius 2 is 1.94 bits per heavy atom. The number of hydrogen-bond donors (Lipinski definition) is 1. The molecule has 0 aliphatic heterocycles. The Labute approximate surface area is 96.4 Å². The molecule has 0 aliphatic carbocycles. The van der Waals surface area contributed by atoms with Gasteiger partial charge in [0, 0.05) is 13.0 Å². The molecule has 5 heteroatoms. The van der Waals surface area contributed by atoms with Crippen molar-refractivity contribution in [2.75, 3.05) is 20.3 Å². The Balaban J connectivity index is 4.57. The van der Waals surface area contributed by atoms with Crippen molar-refractivity contribution in [3.63, 3.8) is 0 Å². The molecule has 1 amide bonds. The molecule has 0 unspecified atom stereocenters. The van der Waals surface area contributed by atoms with Crippen LogP contribution in [0.5, 0.6) is 0 Å². The number of nitrogens with zero attached hydrogens (tertiary/aromatic N) is 1. The molecule has 0 atom stereocenters. The molecule has 0 saturated carbocycles. The van der Waals surface area contributed by atoms with Crippen LogP contribution in [-0.4, -0.2) is 47.7 Å². The topological polar surface area (TPSA) is 66.8 Å². The number of rotatable bonds is 6. The molecule has 1 N–H and O–H groups in total. The predicted octanol–water partition coefficient (Wildman–Crippen LogP) is 0.559. The van der Waals surface area contributed by atoms with Gasteiger partial charge >= 0.3 is 5.97 Å². The maximum atomic E-state index is 11.7. The van der Waals surface area contributed by atoms with Gasteiger partial charge in [0.15, 0.2) is 0 Å². The zero-order valence-electron chi connectivity index (χ0n) is 10.4. The van der Waals surface area contributed by atoms with Gasteiger partial charge in [0.1, 0.15) is 0 Å². The second-order valence-corrected chi connectivity index (χ2v) is 4.20. The fourth-order valence-corrected chi connectivity index (χ4v) is 1.35. The van der Waals surface area contributed by atoms with E-state index >= 15 is 0 Å². The number of aliphatic hydroxyl groups is 1. The lowest BCUT2D eigenvalue weighted by atomic mass is 10.0. The molecule has 0 radical (unpaired) electrons. The van der Waals surface area contributed by atoms with Gasteiger partial charge in [0.25, 0.3) is 0 Å². The van der Waals surface area contributed by atoms with E-state index in [1.807, 2.05) is 0 Å².